The van der Waals surface area contributed by atoms with Gasteiger partial charge in [-0.15, -0.1) is 0 Å². The second-order valence-electron chi connectivity index (χ2n) is 10.4. The summed E-state index contributed by atoms with van der Waals surface area (Å²) in [4.78, 5) is 29.6. The van der Waals surface area contributed by atoms with Crippen LogP contribution in [0.5, 0.6) is 11.5 Å². The predicted molar refractivity (Wildman–Crippen MR) is 155 cm³/mol. The van der Waals surface area contributed by atoms with Crippen LogP contribution in [0.1, 0.15) is 45.1 Å². The van der Waals surface area contributed by atoms with Gasteiger partial charge in [0.2, 0.25) is 5.91 Å². The molecule has 9 heteroatoms. The van der Waals surface area contributed by atoms with Gasteiger partial charge in [0.15, 0.2) is 11.6 Å². The molecule has 1 atom stereocenters. The van der Waals surface area contributed by atoms with Crippen molar-refractivity contribution in [2.75, 3.05) is 25.2 Å². The van der Waals surface area contributed by atoms with Gasteiger partial charge in [0.1, 0.15) is 17.4 Å². The van der Waals surface area contributed by atoms with Gasteiger partial charge < -0.3 is 24.4 Å². The Hall–Kier alpha value is -3.17. The maximum atomic E-state index is 15.5. The van der Waals surface area contributed by atoms with E-state index in [0.717, 1.165) is 20.8 Å². The fourth-order valence-electron chi connectivity index (χ4n) is 5.81. The van der Waals surface area contributed by atoms with Crippen LogP contribution >= 0.6 is 15.9 Å². The molecule has 7 nitrogen and oxygen atoms in total. The summed E-state index contributed by atoms with van der Waals surface area (Å²) in [6, 6.07) is 13.3. The zero-order valence-corrected chi connectivity index (χ0v) is 24.6. The summed E-state index contributed by atoms with van der Waals surface area (Å²) in [6.07, 6.45) is 1.95. The van der Waals surface area contributed by atoms with E-state index in [4.69, 9.17) is 14.2 Å². The Morgan fingerprint density at radius 1 is 1.18 bits per heavy atom. The number of hydrogen-bond acceptors (Lipinski definition) is 5. The van der Waals surface area contributed by atoms with E-state index in [1.807, 2.05) is 44.2 Å². The maximum absolute atomic E-state index is 15.5. The summed E-state index contributed by atoms with van der Waals surface area (Å²) in [5, 5.41) is 4.90. The summed E-state index contributed by atoms with van der Waals surface area (Å²) in [5.41, 5.74) is -0.0773. The molecule has 3 aromatic rings. The monoisotopic (exact) mass is 612 g/mol. The molecule has 2 aliphatic heterocycles. The molecule has 1 fully saturated rings. The number of halogens is 2. The zero-order chi connectivity index (χ0) is 28.4. The first-order valence-corrected chi connectivity index (χ1v) is 14.5. The number of nitrogens with zero attached hydrogens (tertiary/aromatic N) is 1. The third kappa shape index (κ3) is 5.17. The van der Waals surface area contributed by atoms with E-state index in [1.54, 1.807) is 19.2 Å². The van der Waals surface area contributed by atoms with Gasteiger partial charge in [-0.2, -0.15) is 0 Å². The lowest BCUT2D eigenvalue weighted by Gasteiger charge is -2.41. The van der Waals surface area contributed by atoms with Crippen LogP contribution in [0.3, 0.4) is 0 Å². The van der Waals surface area contributed by atoms with Gasteiger partial charge in [0, 0.05) is 28.8 Å². The number of nitrogens with one attached hydrogen (secondary N) is 1. The van der Waals surface area contributed by atoms with Crippen molar-refractivity contribution in [2.45, 2.75) is 57.7 Å². The van der Waals surface area contributed by atoms with E-state index in [0.29, 0.717) is 50.3 Å². The molecule has 3 aromatic carbocycles. The van der Waals surface area contributed by atoms with Crippen molar-refractivity contribution in [1.29, 1.82) is 0 Å². The number of rotatable bonds is 7. The number of carbonyl (C=O) groups is 2. The van der Waals surface area contributed by atoms with Crippen LogP contribution in [-0.4, -0.2) is 43.8 Å². The molecule has 2 aliphatic rings. The molecule has 0 aliphatic carbocycles. The number of hydrogen-bond donors (Lipinski definition) is 1. The maximum Gasteiger partial charge on any atom is 0.254 e. The molecule has 1 N–H and O–H groups in total. The van der Waals surface area contributed by atoms with Gasteiger partial charge in [-0.05, 0) is 53.9 Å². The second kappa shape index (κ2) is 11.7. The second-order valence-corrected chi connectivity index (χ2v) is 11.3. The van der Waals surface area contributed by atoms with E-state index >= 15 is 4.39 Å². The lowest BCUT2D eigenvalue weighted by Crippen LogP contribution is -2.64. The van der Waals surface area contributed by atoms with Crippen molar-refractivity contribution in [3.63, 3.8) is 0 Å². The number of benzene rings is 3. The third-order valence-corrected chi connectivity index (χ3v) is 8.64. The van der Waals surface area contributed by atoms with Gasteiger partial charge >= 0.3 is 0 Å². The number of amides is 2. The average molecular weight is 614 g/mol. The first kappa shape index (κ1) is 28.4. The van der Waals surface area contributed by atoms with Crippen molar-refractivity contribution in [3.8, 4) is 11.5 Å². The molecule has 0 saturated carbocycles. The largest absolute Gasteiger partial charge is 0.496 e. The first-order valence-electron chi connectivity index (χ1n) is 13.7. The Labute approximate surface area is 242 Å². The molecule has 0 unspecified atom stereocenters. The van der Waals surface area contributed by atoms with Crippen molar-refractivity contribution >= 4 is 44.2 Å². The molecule has 0 radical (unpaired) electrons. The molecule has 0 bridgehead atoms. The summed E-state index contributed by atoms with van der Waals surface area (Å²) in [6.45, 7) is 4.66. The predicted octanol–water partition coefficient (Wildman–Crippen LogP) is 6.15. The number of carbonyl (C=O) groups excluding carboxylic acids is 2. The fourth-order valence-corrected chi connectivity index (χ4v) is 6.19. The molecule has 2 amide bonds. The highest BCUT2D eigenvalue weighted by Crippen LogP contribution is 2.44. The number of methoxy groups -OCH3 is 1. The van der Waals surface area contributed by atoms with Gasteiger partial charge in [-0.25, -0.2) is 4.39 Å². The highest BCUT2D eigenvalue weighted by Gasteiger charge is 2.52. The van der Waals surface area contributed by atoms with Crippen molar-refractivity contribution < 1.29 is 28.2 Å². The number of para-hydroxylation sites is 1. The van der Waals surface area contributed by atoms with Gasteiger partial charge in [-0.1, -0.05) is 48.0 Å². The number of fused-ring (bicyclic) bond motifs is 2. The molecular formula is C31H34BrFN2O5. The number of ether oxygens (including phenoxy) is 3. The summed E-state index contributed by atoms with van der Waals surface area (Å²) in [5.74, 6) is -0.791. The van der Waals surface area contributed by atoms with Crippen LogP contribution in [0.2, 0.25) is 0 Å². The van der Waals surface area contributed by atoms with E-state index in [9.17, 15) is 9.59 Å². The molecule has 2 heterocycles. The van der Waals surface area contributed by atoms with E-state index in [1.165, 1.54) is 11.0 Å². The van der Waals surface area contributed by atoms with Crippen LogP contribution in [0.15, 0.2) is 53.0 Å². The van der Waals surface area contributed by atoms with Gasteiger partial charge in [0.05, 0.1) is 32.6 Å². The SMILES string of the molecule is CCC(CC)C(=O)N[C@H]1C(=O)N(Cc2c(OC)ccc3cc(Br)ccc23)c2cccc(F)c2OC12CCOCC2. The average Bonchev–Trinajstić information content (AvgIpc) is 3.04. The van der Waals surface area contributed by atoms with Crippen LogP contribution in [0, 0.1) is 11.7 Å². The highest BCUT2D eigenvalue weighted by molar-refractivity contribution is 9.10. The minimum Gasteiger partial charge on any atom is -0.496 e. The third-order valence-electron chi connectivity index (χ3n) is 8.15. The van der Waals surface area contributed by atoms with E-state index in [2.05, 4.69) is 21.2 Å². The van der Waals surface area contributed by atoms with Crippen molar-refractivity contribution in [2.24, 2.45) is 5.92 Å². The standard InChI is InChI=1S/C31H34BrFN2O5/c1-4-19(5-2)29(36)34-28-30(37)35(18-23-22-11-10-21(32)17-20(22)9-12-26(23)38-3)25-8-6-7-24(33)27(25)40-31(28)13-15-39-16-14-31/h6-12,17,19,28H,4-5,13-16,18H2,1-3H3,(H,34,36)/t28-/m0/s1. The summed E-state index contributed by atoms with van der Waals surface area (Å²) >= 11 is 3.53. The number of anilines is 1. The molecule has 1 saturated heterocycles. The highest BCUT2D eigenvalue weighted by atomic mass is 79.9. The smallest absolute Gasteiger partial charge is 0.254 e. The molecule has 212 valence electrons. The zero-order valence-electron chi connectivity index (χ0n) is 23.0. The Kier molecular flexibility index (Phi) is 8.33. The van der Waals surface area contributed by atoms with Crippen LogP contribution < -0.4 is 19.7 Å². The Morgan fingerprint density at radius 3 is 2.62 bits per heavy atom. The van der Waals surface area contributed by atoms with Gasteiger partial charge in [0.25, 0.3) is 5.91 Å². The molecule has 1 spiro atoms. The van der Waals surface area contributed by atoms with Crippen molar-refractivity contribution in [1.82, 2.24) is 5.32 Å². The molecular weight excluding hydrogens is 579 g/mol. The van der Waals surface area contributed by atoms with Gasteiger partial charge in [-0.3, -0.25) is 9.59 Å². The molecule has 5 rings (SSSR count). The van der Waals surface area contributed by atoms with Crippen LogP contribution in [0.25, 0.3) is 10.8 Å². The molecule has 0 aromatic heterocycles. The minimum absolute atomic E-state index is 0.000944. The van der Waals surface area contributed by atoms with Crippen LogP contribution in [0.4, 0.5) is 10.1 Å². The summed E-state index contributed by atoms with van der Waals surface area (Å²) < 4.78 is 34.3. The van der Waals surface area contributed by atoms with Crippen molar-refractivity contribution in [3.05, 3.63) is 64.4 Å². The van der Waals surface area contributed by atoms with Crippen LogP contribution in [-0.2, 0) is 20.9 Å². The normalized spacial score (nSPS) is 18.4. The Balaban J connectivity index is 1.67. The Bertz CT molecular complexity index is 1420. The fraction of sp³-hybridized carbons (Fsp3) is 0.419. The lowest BCUT2D eigenvalue weighted by molar-refractivity contribution is -0.139. The topological polar surface area (TPSA) is 77.1 Å². The summed E-state index contributed by atoms with van der Waals surface area (Å²) in [7, 11) is 1.58. The first-order chi connectivity index (χ1) is 19.3. The molecule has 40 heavy (non-hydrogen) atoms. The van der Waals surface area contributed by atoms with E-state index < -0.39 is 17.5 Å². The Morgan fingerprint density at radius 2 is 1.93 bits per heavy atom. The quantitative estimate of drug-likeness (QED) is 0.346. The minimum atomic E-state index is -1.16. The van der Waals surface area contributed by atoms with E-state index in [-0.39, 0.29) is 30.0 Å². The lowest BCUT2D eigenvalue weighted by atomic mass is 9.84.